The zero-order chi connectivity index (χ0) is 23.1. The van der Waals surface area contributed by atoms with Gasteiger partial charge in [-0.2, -0.15) is 10.2 Å². The topological polar surface area (TPSA) is 64.7 Å². The van der Waals surface area contributed by atoms with E-state index in [1.807, 2.05) is 42.3 Å². The molecule has 1 aliphatic rings. The van der Waals surface area contributed by atoms with Crippen molar-refractivity contribution < 1.29 is 0 Å². The van der Waals surface area contributed by atoms with Crippen molar-refractivity contribution in [2.75, 3.05) is 20.1 Å². The van der Waals surface area contributed by atoms with Crippen LogP contribution in [0.5, 0.6) is 0 Å². The van der Waals surface area contributed by atoms with Gasteiger partial charge in [0.05, 0.1) is 23.4 Å². The van der Waals surface area contributed by atoms with Gasteiger partial charge in [0.2, 0.25) is 0 Å². The lowest BCUT2D eigenvalue weighted by molar-refractivity contribution is 0.212. The van der Waals surface area contributed by atoms with Crippen molar-refractivity contribution in [2.24, 2.45) is 7.05 Å². The molecular weight excluding hydrogens is 422 g/mol. The molecule has 0 radical (unpaired) electrons. The van der Waals surface area contributed by atoms with Gasteiger partial charge in [-0.05, 0) is 50.7 Å². The van der Waals surface area contributed by atoms with E-state index in [2.05, 4.69) is 68.2 Å². The molecule has 170 valence electrons. The second kappa shape index (κ2) is 8.50. The lowest BCUT2D eigenvalue weighted by Crippen LogP contribution is -2.31. The minimum absolute atomic E-state index is 0.473. The van der Waals surface area contributed by atoms with E-state index in [-0.39, 0.29) is 0 Å². The van der Waals surface area contributed by atoms with Crippen LogP contribution in [0.15, 0.2) is 73.4 Å². The normalized spacial score (nSPS) is 15.2. The smallest absolute Gasteiger partial charge is 0.116 e. The van der Waals surface area contributed by atoms with E-state index < -0.39 is 0 Å². The molecule has 0 N–H and O–H groups in total. The summed E-state index contributed by atoms with van der Waals surface area (Å²) in [6.07, 6.45) is 10.1. The number of likely N-dealkylation sites (tertiary alicyclic amines) is 1. The highest BCUT2D eigenvalue weighted by molar-refractivity contribution is 5.97. The molecule has 4 heterocycles. The van der Waals surface area contributed by atoms with E-state index in [9.17, 15) is 0 Å². The van der Waals surface area contributed by atoms with Crippen molar-refractivity contribution in [3.63, 3.8) is 0 Å². The van der Waals surface area contributed by atoms with Crippen molar-refractivity contribution >= 4 is 10.9 Å². The Hall–Kier alpha value is -3.84. The fourth-order valence-corrected chi connectivity index (χ4v) is 4.87. The van der Waals surface area contributed by atoms with E-state index in [1.54, 1.807) is 6.33 Å². The Morgan fingerprint density at radius 3 is 2.47 bits per heavy atom. The number of hydrogen-bond donors (Lipinski definition) is 0. The van der Waals surface area contributed by atoms with Crippen LogP contribution in [0.2, 0.25) is 0 Å². The maximum Gasteiger partial charge on any atom is 0.116 e. The molecule has 0 unspecified atom stereocenters. The van der Waals surface area contributed by atoms with Gasteiger partial charge in [0.25, 0.3) is 0 Å². The van der Waals surface area contributed by atoms with Crippen molar-refractivity contribution in [3.8, 4) is 33.6 Å². The first-order valence-corrected chi connectivity index (χ1v) is 11.7. The van der Waals surface area contributed by atoms with Gasteiger partial charge in [0.1, 0.15) is 12.0 Å². The van der Waals surface area contributed by atoms with E-state index >= 15 is 0 Å². The molecule has 0 amide bonds. The predicted molar refractivity (Wildman–Crippen MR) is 134 cm³/mol. The number of aromatic nitrogens is 6. The zero-order valence-electron chi connectivity index (χ0n) is 19.5. The Bertz CT molecular complexity index is 1440. The van der Waals surface area contributed by atoms with Gasteiger partial charge < -0.3 is 4.90 Å². The fourth-order valence-electron chi connectivity index (χ4n) is 4.87. The molecule has 0 atom stereocenters. The van der Waals surface area contributed by atoms with Crippen LogP contribution in [0.1, 0.15) is 18.9 Å². The highest BCUT2D eigenvalue weighted by Crippen LogP contribution is 2.35. The molecule has 1 aliphatic heterocycles. The molecule has 0 saturated carbocycles. The number of aryl methyl sites for hydroxylation is 1. The second-order valence-corrected chi connectivity index (χ2v) is 9.13. The molecule has 2 aromatic carbocycles. The zero-order valence-corrected chi connectivity index (χ0v) is 19.5. The van der Waals surface area contributed by atoms with Crippen LogP contribution in [0.3, 0.4) is 0 Å². The quantitative estimate of drug-likeness (QED) is 0.393. The molecule has 6 rings (SSSR count). The molecular formula is C27H27N7. The van der Waals surface area contributed by atoms with Crippen molar-refractivity contribution in [1.29, 1.82) is 0 Å². The molecule has 7 nitrogen and oxygen atoms in total. The van der Waals surface area contributed by atoms with E-state index in [0.29, 0.717) is 6.04 Å². The monoisotopic (exact) mass is 449 g/mol. The Balaban J connectivity index is 1.37. The van der Waals surface area contributed by atoms with Crippen LogP contribution >= 0.6 is 0 Å². The van der Waals surface area contributed by atoms with Crippen LogP contribution in [-0.2, 0) is 7.05 Å². The van der Waals surface area contributed by atoms with E-state index in [1.165, 1.54) is 0 Å². The van der Waals surface area contributed by atoms with Crippen molar-refractivity contribution in [2.45, 2.75) is 18.9 Å². The Kier molecular flexibility index (Phi) is 5.19. The summed E-state index contributed by atoms with van der Waals surface area (Å²) in [5.74, 6) is 0. The van der Waals surface area contributed by atoms with Crippen LogP contribution in [0.4, 0.5) is 0 Å². The minimum Gasteiger partial charge on any atom is -0.306 e. The van der Waals surface area contributed by atoms with Gasteiger partial charge in [-0.3, -0.25) is 9.36 Å². The van der Waals surface area contributed by atoms with Gasteiger partial charge >= 0.3 is 0 Å². The number of hydrogen-bond acceptors (Lipinski definition) is 5. The summed E-state index contributed by atoms with van der Waals surface area (Å²) in [6, 6.07) is 17.1. The first-order valence-electron chi connectivity index (χ1n) is 11.7. The molecule has 5 aromatic rings. The van der Waals surface area contributed by atoms with E-state index in [0.717, 1.165) is 70.5 Å². The number of benzene rings is 2. The lowest BCUT2D eigenvalue weighted by atomic mass is 10.0. The van der Waals surface area contributed by atoms with Gasteiger partial charge in [0, 0.05) is 41.5 Å². The second-order valence-electron chi connectivity index (χ2n) is 9.13. The maximum absolute atomic E-state index is 4.72. The molecule has 7 heteroatoms. The standard InChI is InChI=1S/C27H27N7/c1-32-12-10-22(11-13-32)34-16-21(15-30-34)20-8-9-23-25(14-20)28-18-29-27(23)24-17-33(2)31-26(24)19-6-4-3-5-7-19/h3-9,14-18,22H,10-13H2,1-2H3. The molecule has 1 fully saturated rings. The SMILES string of the molecule is CN1CCC(n2cc(-c3ccc4c(-c5cn(C)nc5-c5ccccc5)ncnc4c3)cn2)CC1. The molecule has 0 aliphatic carbocycles. The Labute approximate surface area is 198 Å². The average Bonchev–Trinajstić information content (AvgIpc) is 3.52. The third-order valence-corrected chi connectivity index (χ3v) is 6.76. The predicted octanol–water partition coefficient (Wildman–Crippen LogP) is 4.83. The van der Waals surface area contributed by atoms with Gasteiger partial charge in [0.15, 0.2) is 0 Å². The molecule has 3 aromatic heterocycles. The van der Waals surface area contributed by atoms with Gasteiger partial charge in [-0.25, -0.2) is 9.97 Å². The number of piperidine rings is 1. The largest absolute Gasteiger partial charge is 0.306 e. The number of rotatable bonds is 4. The van der Waals surface area contributed by atoms with Crippen LogP contribution in [-0.4, -0.2) is 54.6 Å². The van der Waals surface area contributed by atoms with Crippen LogP contribution in [0, 0.1) is 0 Å². The average molecular weight is 450 g/mol. The molecule has 0 bridgehead atoms. The van der Waals surface area contributed by atoms with Crippen molar-refractivity contribution in [1.82, 2.24) is 34.4 Å². The fraction of sp³-hybridized carbons (Fsp3) is 0.259. The Morgan fingerprint density at radius 1 is 0.824 bits per heavy atom. The molecule has 34 heavy (non-hydrogen) atoms. The highest BCUT2D eigenvalue weighted by atomic mass is 15.3. The molecule has 0 spiro atoms. The summed E-state index contributed by atoms with van der Waals surface area (Å²) in [6.45, 7) is 2.24. The minimum atomic E-state index is 0.473. The summed E-state index contributed by atoms with van der Waals surface area (Å²) in [5.41, 5.74) is 7.04. The molecule has 1 saturated heterocycles. The van der Waals surface area contributed by atoms with Gasteiger partial charge in [-0.1, -0.05) is 36.4 Å². The summed E-state index contributed by atoms with van der Waals surface area (Å²) in [4.78, 5) is 11.6. The van der Waals surface area contributed by atoms with Crippen LogP contribution < -0.4 is 0 Å². The lowest BCUT2D eigenvalue weighted by Gasteiger charge is -2.28. The summed E-state index contributed by atoms with van der Waals surface area (Å²) >= 11 is 0. The third kappa shape index (κ3) is 3.78. The first-order chi connectivity index (χ1) is 16.7. The maximum atomic E-state index is 4.72. The summed E-state index contributed by atoms with van der Waals surface area (Å²) in [7, 11) is 4.13. The number of nitrogens with zero attached hydrogens (tertiary/aromatic N) is 7. The van der Waals surface area contributed by atoms with Crippen molar-refractivity contribution in [3.05, 3.63) is 73.4 Å². The number of fused-ring (bicyclic) bond motifs is 1. The third-order valence-electron chi connectivity index (χ3n) is 6.76. The van der Waals surface area contributed by atoms with Crippen LogP contribution in [0.25, 0.3) is 44.5 Å². The summed E-state index contributed by atoms with van der Waals surface area (Å²) < 4.78 is 3.98. The highest BCUT2D eigenvalue weighted by Gasteiger charge is 2.20. The Morgan fingerprint density at radius 2 is 1.65 bits per heavy atom. The summed E-state index contributed by atoms with van der Waals surface area (Å²) in [5, 5.41) is 10.4. The van der Waals surface area contributed by atoms with Gasteiger partial charge in [-0.15, -0.1) is 0 Å². The van der Waals surface area contributed by atoms with E-state index in [4.69, 9.17) is 5.10 Å². The first kappa shape index (κ1) is 20.7.